The summed E-state index contributed by atoms with van der Waals surface area (Å²) in [5.74, 6) is 0.926. The van der Waals surface area contributed by atoms with Crippen LogP contribution in [0.4, 0.5) is 0 Å². The molecule has 0 atom stereocenters. The van der Waals surface area contributed by atoms with Gasteiger partial charge in [0.05, 0.1) is 5.69 Å². The second-order valence-electron chi connectivity index (χ2n) is 6.24. The van der Waals surface area contributed by atoms with E-state index in [4.69, 9.17) is 4.98 Å². The molecule has 0 spiro atoms. The Bertz CT molecular complexity index is 383. The van der Waals surface area contributed by atoms with Crippen LogP contribution in [-0.2, 0) is 13.1 Å². The molecule has 1 aliphatic rings. The van der Waals surface area contributed by atoms with E-state index < -0.39 is 0 Å². The molecule has 1 aliphatic carbocycles. The first-order valence-electron chi connectivity index (χ1n) is 8.03. The molecular weight excluding hydrogens is 266 g/mol. The number of nitrogens with zero attached hydrogens (tertiary/aromatic N) is 2. The van der Waals surface area contributed by atoms with Gasteiger partial charge in [-0.05, 0) is 51.6 Å². The van der Waals surface area contributed by atoms with Crippen molar-refractivity contribution in [1.29, 1.82) is 0 Å². The number of rotatable bonds is 7. The largest absolute Gasteiger partial charge is 0.310 e. The number of hydrogen-bond donors (Lipinski definition) is 1. The predicted molar refractivity (Wildman–Crippen MR) is 87.0 cm³/mol. The molecule has 1 N–H and O–H groups in total. The smallest absolute Gasteiger partial charge is 0.107 e. The van der Waals surface area contributed by atoms with E-state index in [0.29, 0.717) is 0 Å². The fourth-order valence-corrected chi connectivity index (χ4v) is 3.70. The van der Waals surface area contributed by atoms with E-state index in [2.05, 4.69) is 36.5 Å². The highest BCUT2D eigenvalue weighted by molar-refractivity contribution is 7.09. The van der Waals surface area contributed by atoms with Crippen molar-refractivity contribution < 1.29 is 0 Å². The van der Waals surface area contributed by atoms with Crippen LogP contribution >= 0.6 is 11.3 Å². The van der Waals surface area contributed by atoms with Gasteiger partial charge in [-0.15, -0.1) is 11.3 Å². The summed E-state index contributed by atoms with van der Waals surface area (Å²) in [5.41, 5.74) is 1.24. The molecule has 114 valence electrons. The molecule has 0 unspecified atom stereocenters. The van der Waals surface area contributed by atoms with E-state index in [1.165, 1.54) is 42.8 Å². The van der Waals surface area contributed by atoms with Crippen molar-refractivity contribution in [2.24, 2.45) is 5.92 Å². The monoisotopic (exact) mass is 295 g/mol. The first kappa shape index (κ1) is 15.9. The molecule has 1 heterocycles. The minimum absolute atomic E-state index is 0.759. The molecule has 20 heavy (non-hydrogen) atoms. The van der Waals surface area contributed by atoms with Gasteiger partial charge in [-0.1, -0.05) is 13.8 Å². The lowest BCUT2D eigenvalue weighted by molar-refractivity contribution is 0.162. The maximum Gasteiger partial charge on any atom is 0.107 e. The summed E-state index contributed by atoms with van der Waals surface area (Å²) in [5, 5.41) is 6.87. The Labute approximate surface area is 127 Å². The molecule has 0 saturated heterocycles. The molecule has 1 aromatic rings. The summed E-state index contributed by atoms with van der Waals surface area (Å²) in [4.78, 5) is 7.25. The number of aromatic nitrogens is 1. The first-order valence-corrected chi connectivity index (χ1v) is 8.91. The molecule has 0 bridgehead atoms. The van der Waals surface area contributed by atoms with Crippen LogP contribution in [0.2, 0.25) is 0 Å². The fraction of sp³-hybridized carbons (Fsp3) is 0.812. The van der Waals surface area contributed by atoms with Gasteiger partial charge in [0, 0.05) is 24.5 Å². The van der Waals surface area contributed by atoms with Crippen LogP contribution in [-0.4, -0.2) is 29.5 Å². The standard InChI is InChI=1S/C16H29N3S/c1-4-9-17-10-16-18-14(12-20-16)11-19(3)15-7-5-13(2)6-8-15/h12-13,15,17H,4-11H2,1-3H3. The van der Waals surface area contributed by atoms with Crippen molar-refractivity contribution in [2.45, 2.75) is 65.1 Å². The van der Waals surface area contributed by atoms with Gasteiger partial charge in [0.1, 0.15) is 5.01 Å². The summed E-state index contributed by atoms with van der Waals surface area (Å²) in [6.07, 6.45) is 6.66. The molecular formula is C16H29N3S. The lowest BCUT2D eigenvalue weighted by Gasteiger charge is -2.33. The number of hydrogen-bond acceptors (Lipinski definition) is 4. The Kier molecular flexibility index (Phi) is 6.46. The molecule has 1 aromatic heterocycles. The normalized spacial score (nSPS) is 23.4. The van der Waals surface area contributed by atoms with E-state index in [9.17, 15) is 0 Å². The zero-order valence-electron chi connectivity index (χ0n) is 13.2. The molecule has 1 saturated carbocycles. The van der Waals surface area contributed by atoms with Crippen LogP contribution in [0.1, 0.15) is 56.7 Å². The topological polar surface area (TPSA) is 28.2 Å². The van der Waals surface area contributed by atoms with Gasteiger partial charge in [-0.3, -0.25) is 4.90 Å². The van der Waals surface area contributed by atoms with Crippen LogP contribution in [0.5, 0.6) is 0 Å². The Morgan fingerprint density at radius 3 is 2.80 bits per heavy atom. The second-order valence-corrected chi connectivity index (χ2v) is 7.18. The van der Waals surface area contributed by atoms with Gasteiger partial charge in [0.15, 0.2) is 0 Å². The SMILES string of the molecule is CCCNCc1nc(CN(C)C2CCC(C)CC2)cs1. The van der Waals surface area contributed by atoms with Crippen LogP contribution < -0.4 is 5.32 Å². The van der Waals surface area contributed by atoms with Crippen LogP contribution in [0.3, 0.4) is 0 Å². The lowest BCUT2D eigenvalue weighted by Crippen LogP contribution is -2.34. The Hall–Kier alpha value is -0.450. The Balaban J connectivity index is 1.77. The summed E-state index contributed by atoms with van der Waals surface area (Å²) >= 11 is 1.79. The minimum atomic E-state index is 0.759. The second kappa shape index (κ2) is 8.11. The lowest BCUT2D eigenvalue weighted by atomic mass is 9.87. The van der Waals surface area contributed by atoms with E-state index >= 15 is 0 Å². The average molecular weight is 295 g/mol. The van der Waals surface area contributed by atoms with Gasteiger partial charge in [0.2, 0.25) is 0 Å². The zero-order chi connectivity index (χ0) is 14.4. The quantitative estimate of drug-likeness (QED) is 0.778. The zero-order valence-corrected chi connectivity index (χ0v) is 14.0. The minimum Gasteiger partial charge on any atom is -0.310 e. The maximum atomic E-state index is 4.75. The molecule has 4 heteroatoms. The van der Waals surface area contributed by atoms with Crippen molar-refractivity contribution in [1.82, 2.24) is 15.2 Å². The molecule has 2 rings (SSSR count). The summed E-state index contributed by atoms with van der Waals surface area (Å²) in [6.45, 7) is 7.58. The third-order valence-electron chi connectivity index (χ3n) is 4.32. The molecule has 0 aromatic carbocycles. The molecule has 0 aliphatic heterocycles. The third-order valence-corrected chi connectivity index (χ3v) is 5.22. The highest BCUT2D eigenvalue weighted by atomic mass is 32.1. The summed E-state index contributed by atoms with van der Waals surface area (Å²) in [7, 11) is 2.26. The Morgan fingerprint density at radius 2 is 2.10 bits per heavy atom. The Morgan fingerprint density at radius 1 is 1.35 bits per heavy atom. The van der Waals surface area contributed by atoms with Gasteiger partial charge in [-0.25, -0.2) is 4.98 Å². The highest BCUT2D eigenvalue weighted by Gasteiger charge is 2.22. The van der Waals surface area contributed by atoms with E-state index in [1.807, 2.05) is 0 Å². The van der Waals surface area contributed by atoms with Crippen molar-refractivity contribution in [2.75, 3.05) is 13.6 Å². The molecule has 3 nitrogen and oxygen atoms in total. The number of thiazole rings is 1. The molecule has 0 radical (unpaired) electrons. The third kappa shape index (κ3) is 4.83. The van der Waals surface area contributed by atoms with Crippen LogP contribution in [0.25, 0.3) is 0 Å². The van der Waals surface area contributed by atoms with Crippen molar-refractivity contribution in [3.8, 4) is 0 Å². The molecule has 0 amide bonds. The van der Waals surface area contributed by atoms with Crippen molar-refractivity contribution in [3.05, 3.63) is 16.1 Å². The summed E-state index contributed by atoms with van der Waals surface area (Å²) < 4.78 is 0. The first-order chi connectivity index (χ1) is 9.69. The van der Waals surface area contributed by atoms with Gasteiger partial charge >= 0.3 is 0 Å². The fourth-order valence-electron chi connectivity index (χ4n) is 2.94. The van der Waals surface area contributed by atoms with Gasteiger partial charge < -0.3 is 5.32 Å². The van der Waals surface area contributed by atoms with Crippen LogP contribution in [0.15, 0.2) is 5.38 Å². The van der Waals surface area contributed by atoms with E-state index in [-0.39, 0.29) is 0 Å². The maximum absolute atomic E-state index is 4.75. The van der Waals surface area contributed by atoms with Gasteiger partial charge in [-0.2, -0.15) is 0 Å². The highest BCUT2D eigenvalue weighted by Crippen LogP contribution is 2.27. The van der Waals surface area contributed by atoms with Crippen LogP contribution in [0, 0.1) is 5.92 Å². The molecule has 1 fully saturated rings. The van der Waals surface area contributed by atoms with E-state index in [0.717, 1.165) is 31.6 Å². The van der Waals surface area contributed by atoms with E-state index in [1.54, 1.807) is 11.3 Å². The number of nitrogens with one attached hydrogen (secondary N) is 1. The van der Waals surface area contributed by atoms with Gasteiger partial charge in [0.25, 0.3) is 0 Å². The summed E-state index contributed by atoms with van der Waals surface area (Å²) in [6, 6.07) is 0.759. The average Bonchev–Trinajstić information content (AvgIpc) is 2.87. The van der Waals surface area contributed by atoms with Crippen molar-refractivity contribution in [3.63, 3.8) is 0 Å². The predicted octanol–water partition coefficient (Wildman–Crippen LogP) is 3.65. The van der Waals surface area contributed by atoms with Crippen molar-refractivity contribution >= 4 is 11.3 Å².